The van der Waals surface area contributed by atoms with Crippen LogP contribution in [0, 0.1) is 10.1 Å². The van der Waals surface area contributed by atoms with Gasteiger partial charge in [0.15, 0.2) is 0 Å². The lowest BCUT2D eigenvalue weighted by Gasteiger charge is -2.10. The van der Waals surface area contributed by atoms with Crippen LogP contribution in [0.15, 0.2) is 30.6 Å². The number of benzene rings is 1. The molecular formula is C16H21N5O3. The minimum Gasteiger partial charge on any atom is -0.385 e. The monoisotopic (exact) mass is 331 g/mol. The number of hydrogen-bond donors (Lipinski definition) is 2. The highest BCUT2D eigenvalue weighted by Crippen LogP contribution is 2.31. The van der Waals surface area contributed by atoms with Crippen molar-refractivity contribution >= 4 is 23.0 Å². The Morgan fingerprint density at radius 1 is 1.21 bits per heavy atom. The first-order chi connectivity index (χ1) is 11.7. The standard InChI is InChI=1S/C16H21N5O3/c1-3-12-5-7-13(8-6-12)20-16-14(21(22)23)15(18-11-19-16)17-9-4-10-24-2/h5-8,11H,3-4,9-10H2,1-2H3,(H2,17,18,19,20). The molecule has 0 saturated heterocycles. The number of rotatable bonds is 9. The predicted octanol–water partition coefficient (Wildman–Crippen LogP) is 3.14. The Kier molecular flexibility index (Phi) is 6.44. The molecule has 0 atom stereocenters. The van der Waals surface area contributed by atoms with Crippen LogP contribution in [-0.4, -0.2) is 35.2 Å². The quantitative estimate of drug-likeness (QED) is 0.413. The number of nitro groups is 1. The van der Waals surface area contributed by atoms with Crippen molar-refractivity contribution in [2.24, 2.45) is 0 Å². The predicted molar refractivity (Wildman–Crippen MR) is 92.8 cm³/mol. The van der Waals surface area contributed by atoms with Gasteiger partial charge < -0.3 is 15.4 Å². The maximum absolute atomic E-state index is 11.4. The molecule has 8 heteroatoms. The van der Waals surface area contributed by atoms with Crippen molar-refractivity contribution in [2.75, 3.05) is 30.9 Å². The normalized spacial score (nSPS) is 10.4. The summed E-state index contributed by atoms with van der Waals surface area (Å²) in [4.78, 5) is 19.0. The second-order valence-electron chi connectivity index (χ2n) is 5.13. The van der Waals surface area contributed by atoms with E-state index in [9.17, 15) is 10.1 Å². The zero-order valence-corrected chi connectivity index (χ0v) is 13.8. The molecule has 1 aromatic heterocycles. The van der Waals surface area contributed by atoms with Crippen molar-refractivity contribution in [3.8, 4) is 0 Å². The molecule has 8 nitrogen and oxygen atoms in total. The number of ether oxygens (including phenoxy) is 1. The molecule has 0 saturated carbocycles. The maximum atomic E-state index is 11.4. The van der Waals surface area contributed by atoms with E-state index in [4.69, 9.17) is 4.74 Å². The Morgan fingerprint density at radius 3 is 2.54 bits per heavy atom. The van der Waals surface area contributed by atoms with Crippen molar-refractivity contribution in [1.82, 2.24) is 9.97 Å². The summed E-state index contributed by atoms with van der Waals surface area (Å²) in [5.74, 6) is 0.354. The van der Waals surface area contributed by atoms with Crippen LogP contribution in [0.4, 0.5) is 23.0 Å². The van der Waals surface area contributed by atoms with Crippen LogP contribution < -0.4 is 10.6 Å². The third-order valence-electron chi connectivity index (χ3n) is 3.45. The van der Waals surface area contributed by atoms with E-state index in [1.54, 1.807) is 7.11 Å². The lowest BCUT2D eigenvalue weighted by molar-refractivity contribution is -0.383. The van der Waals surface area contributed by atoms with Gasteiger partial charge in [0.1, 0.15) is 6.33 Å². The zero-order valence-electron chi connectivity index (χ0n) is 13.8. The molecule has 2 aromatic rings. The average molecular weight is 331 g/mol. The highest BCUT2D eigenvalue weighted by atomic mass is 16.6. The van der Waals surface area contributed by atoms with E-state index in [1.165, 1.54) is 11.9 Å². The van der Waals surface area contributed by atoms with E-state index >= 15 is 0 Å². The summed E-state index contributed by atoms with van der Waals surface area (Å²) in [6, 6.07) is 7.69. The van der Waals surface area contributed by atoms with E-state index in [-0.39, 0.29) is 17.3 Å². The minimum atomic E-state index is -0.485. The fraction of sp³-hybridized carbons (Fsp3) is 0.375. The van der Waals surface area contributed by atoms with Gasteiger partial charge >= 0.3 is 5.69 Å². The molecule has 0 unspecified atom stereocenters. The number of methoxy groups -OCH3 is 1. The molecule has 1 heterocycles. The third-order valence-corrected chi connectivity index (χ3v) is 3.45. The van der Waals surface area contributed by atoms with Crippen LogP contribution >= 0.6 is 0 Å². The van der Waals surface area contributed by atoms with Gasteiger partial charge in [0.05, 0.1) is 4.92 Å². The molecule has 0 aliphatic rings. The van der Waals surface area contributed by atoms with Gasteiger partial charge in [-0.25, -0.2) is 9.97 Å². The second-order valence-corrected chi connectivity index (χ2v) is 5.13. The summed E-state index contributed by atoms with van der Waals surface area (Å²) in [7, 11) is 1.61. The topological polar surface area (TPSA) is 102 Å². The molecule has 1 aromatic carbocycles. The lowest BCUT2D eigenvalue weighted by Crippen LogP contribution is -2.10. The Morgan fingerprint density at radius 2 is 1.92 bits per heavy atom. The summed E-state index contributed by atoms with van der Waals surface area (Å²) in [6.07, 6.45) is 2.96. The smallest absolute Gasteiger partial charge is 0.353 e. The first-order valence-electron chi connectivity index (χ1n) is 7.73. The van der Waals surface area contributed by atoms with Gasteiger partial charge in [-0.1, -0.05) is 19.1 Å². The van der Waals surface area contributed by atoms with Gasteiger partial charge in [-0.15, -0.1) is 0 Å². The number of nitrogens with zero attached hydrogens (tertiary/aromatic N) is 3. The molecule has 0 fully saturated rings. The van der Waals surface area contributed by atoms with E-state index in [0.717, 1.165) is 18.5 Å². The van der Waals surface area contributed by atoms with Gasteiger partial charge in [-0.05, 0) is 30.5 Å². The number of hydrogen-bond acceptors (Lipinski definition) is 7. The largest absolute Gasteiger partial charge is 0.385 e. The SMILES string of the molecule is CCc1ccc(Nc2ncnc(NCCCOC)c2[N+](=O)[O-])cc1. The van der Waals surface area contributed by atoms with Crippen molar-refractivity contribution in [2.45, 2.75) is 19.8 Å². The van der Waals surface area contributed by atoms with Crippen LogP contribution in [0.2, 0.25) is 0 Å². The molecule has 0 aliphatic carbocycles. The fourth-order valence-electron chi connectivity index (χ4n) is 2.16. The van der Waals surface area contributed by atoms with Gasteiger partial charge in [0.25, 0.3) is 0 Å². The zero-order chi connectivity index (χ0) is 17.4. The van der Waals surface area contributed by atoms with E-state index < -0.39 is 4.92 Å². The number of aryl methyl sites for hydroxylation is 1. The summed E-state index contributed by atoms with van der Waals surface area (Å²) in [5.41, 5.74) is 1.76. The minimum absolute atomic E-state index is 0.161. The molecule has 0 radical (unpaired) electrons. The van der Waals surface area contributed by atoms with E-state index in [1.807, 2.05) is 24.3 Å². The third kappa shape index (κ3) is 4.63. The summed E-state index contributed by atoms with van der Waals surface area (Å²) in [5, 5.41) is 17.4. The van der Waals surface area contributed by atoms with E-state index in [0.29, 0.717) is 13.2 Å². The highest BCUT2D eigenvalue weighted by Gasteiger charge is 2.22. The number of nitrogens with one attached hydrogen (secondary N) is 2. The van der Waals surface area contributed by atoms with Crippen molar-refractivity contribution < 1.29 is 9.66 Å². The Balaban J connectivity index is 2.20. The van der Waals surface area contributed by atoms with Gasteiger partial charge in [0.2, 0.25) is 11.6 Å². The summed E-state index contributed by atoms with van der Waals surface area (Å²) in [6.45, 7) is 3.16. The van der Waals surface area contributed by atoms with Crippen LogP contribution in [0.1, 0.15) is 18.9 Å². The van der Waals surface area contributed by atoms with Crippen LogP contribution in [0.3, 0.4) is 0 Å². The van der Waals surface area contributed by atoms with E-state index in [2.05, 4.69) is 27.5 Å². The Hall–Kier alpha value is -2.74. The molecule has 0 spiro atoms. The number of aromatic nitrogens is 2. The van der Waals surface area contributed by atoms with Crippen LogP contribution in [-0.2, 0) is 11.2 Å². The Labute approximate surface area is 140 Å². The molecular weight excluding hydrogens is 310 g/mol. The van der Waals surface area contributed by atoms with Crippen molar-refractivity contribution in [3.05, 3.63) is 46.3 Å². The first-order valence-corrected chi connectivity index (χ1v) is 7.73. The fourth-order valence-corrected chi connectivity index (χ4v) is 2.16. The van der Waals surface area contributed by atoms with Crippen LogP contribution in [0.25, 0.3) is 0 Å². The molecule has 0 amide bonds. The molecule has 128 valence electrons. The van der Waals surface area contributed by atoms with Gasteiger partial charge in [0, 0.05) is 25.9 Å². The average Bonchev–Trinajstić information content (AvgIpc) is 2.59. The van der Waals surface area contributed by atoms with Crippen LogP contribution in [0.5, 0.6) is 0 Å². The number of anilines is 3. The summed E-state index contributed by atoms with van der Waals surface area (Å²) >= 11 is 0. The molecule has 2 N–H and O–H groups in total. The lowest BCUT2D eigenvalue weighted by atomic mass is 10.1. The maximum Gasteiger partial charge on any atom is 0.353 e. The molecule has 0 bridgehead atoms. The second kappa shape index (κ2) is 8.78. The summed E-state index contributed by atoms with van der Waals surface area (Å²) < 4.78 is 4.96. The molecule has 24 heavy (non-hydrogen) atoms. The first kappa shape index (κ1) is 17.6. The highest BCUT2D eigenvalue weighted by molar-refractivity contribution is 5.73. The van der Waals surface area contributed by atoms with Crippen molar-refractivity contribution in [3.63, 3.8) is 0 Å². The molecule has 0 aliphatic heterocycles. The van der Waals surface area contributed by atoms with Crippen molar-refractivity contribution in [1.29, 1.82) is 0 Å². The van der Waals surface area contributed by atoms with Gasteiger partial charge in [-0.3, -0.25) is 10.1 Å². The Bertz CT molecular complexity index is 676. The van der Waals surface area contributed by atoms with Gasteiger partial charge in [-0.2, -0.15) is 0 Å². The molecule has 2 rings (SSSR count).